The monoisotopic (exact) mass is 242 g/mol. The number of hydrogen-bond donors (Lipinski definition) is 1. The van der Waals surface area contributed by atoms with Crippen LogP contribution in [0.25, 0.3) is 0 Å². The van der Waals surface area contributed by atoms with E-state index in [4.69, 9.17) is 4.74 Å². The average molecular weight is 242 g/mol. The third kappa shape index (κ3) is 8.58. The number of nitrogens with zero attached hydrogens (tertiary/aromatic N) is 1. The van der Waals surface area contributed by atoms with Crippen molar-refractivity contribution >= 4 is 0 Å². The molecule has 1 aliphatic rings. The van der Waals surface area contributed by atoms with Crippen LogP contribution in [0.4, 0.5) is 0 Å². The van der Waals surface area contributed by atoms with Crippen molar-refractivity contribution in [1.82, 2.24) is 10.2 Å². The first-order valence-corrected chi connectivity index (χ1v) is 7.15. The van der Waals surface area contributed by atoms with Gasteiger partial charge in [-0.25, -0.2) is 0 Å². The van der Waals surface area contributed by atoms with Gasteiger partial charge in [-0.3, -0.25) is 0 Å². The summed E-state index contributed by atoms with van der Waals surface area (Å²) in [4.78, 5) is 2.59. The number of hydrogen-bond acceptors (Lipinski definition) is 3. The minimum Gasteiger partial charge on any atom is -0.375 e. The molecule has 0 aromatic rings. The Bertz CT molecular complexity index is 183. The Morgan fingerprint density at radius 1 is 1.06 bits per heavy atom. The molecule has 0 saturated carbocycles. The SMILES string of the molecule is CC(C)(C)OCCNCCCN1CCCCC1. The van der Waals surface area contributed by atoms with Gasteiger partial charge in [0.1, 0.15) is 0 Å². The zero-order valence-corrected chi connectivity index (χ0v) is 11.9. The highest BCUT2D eigenvalue weighted by molar-refractivity contribution is 4.65. The number of likely N-dealkylation sites (tertiary alicyclic amines) is 1. The molecule has 17 heavy (non-hydrogen) atoms. The highest BCUT2D eigenvalue weighted by atomic mass is 16.5. The van der Waals surface area contributed by atoms with E-state index in [2.05, 4.69) is 31.0 Å². The molecule has 1 N–H and O–H groups in total. The molecular formula is C14H30N2O. The highest BCUT2D eigenvalue weighted by Gasteiger charge is 2.09. The summed E-state index contributed by atoms with van der Waals surface area (Å²) in [6.45, 7) is 13.1. The smallest absolute Gasteiger partial charge is 0.0599 e. The van der Waals surface area contributed by atoms with Gasteiger partial charge in [0.25, 0.3) is 0 Å². The molecule has 0 radical (unpaired) electrons. The highest BCUT2D eigenvalue weighted by Crippen LogP contribution is 2.08. The van der Waals surface area contributed by atoms with Gasteiger partial charge in [0.05, 0.1) is 12.2 Å². The molecule has 0 aromatic heterocycles. The van der Waals surface area contributed by atoms with E-state index in [9.17, 15) is 0 Å². The standard InChI is InChI=1S/C14H30N2O/c1-14(2,3)17-13-9-15-8-7-12-16-10-5-4-6-11-16/h15H,4-13H2,1-3H3. The van der Waals surface area contributed by atoms with Crippen LogP contribution in [0, 0.1) is 0 Å². The molecule has 0 bridgehead atoms. The molecule has 0 aliphatic carbocycles. The molecule has 0 spiro atoms. The average Bonchev–Trinajstić information content (AvgIpc) is 2.28. The third-order valence-corrected chi connectivity index (χ3v) is 3.09. The maximum atomic E-state index is 5.65. The van der Waals surface area contributed by atoms with E-state index in [1.54, 1.807) is 0 Å². The molecule has 0 aromatic carbocycles. The molecule has 102 valence electrons. The van der Waals surface area contributed by atoms with E-state index >= 15 is 0 Å². The quantitative estimate of drug-likeness (QED) is 0.693. The minimum atomic E-state index is -0.00448. The topological polar surface area (TPSA) is 24.5 Å². The molecule has 1 fully saturated rings. The number of ether oxygens (including phenoxy) is 1. The lowest BCUT2D eigenvalue weighted by molar-refractivity contribution is -0.000796. The summed E-state index contributed by atoms with van der Waals surface area (Å²) in [7, 11) is 0. The largest absolute Gasteiger partial charge is 0.375 e. The zero-order valence-electron chi connectivity index (χ0n) is 11.9. The maximum Gasteiger partial charge on any atom is 0.0599 e. The van der Waals surface area contributed by atoms with Crippen LogP contribution in [0.5, 0.6) is 0 Å². The Labute approximate surface area is 107 Å². The van der Waals surface area contributed by atoms with Crippen molar-refractivity contribution in [3.8, 4) is 0 Å². The van der Waals surface area contributed by atoms with Crippen molar-refractivity contribution in [3.63, 3.8) is 0 Å². The summed E-state index contributed by atoms with van der Waals surface area (Å²) in [5.41, 5.74) is -0.00448. The second-order valence-electron chi connectivity index (χ2n) is 5.97. The van der Waals surface area contributed by atoms with Gasteiger partial charge in [-0.1, -0.05) is 6.42 Å². The molecule has 0 atom stereocenters. The van der Waals surface area contributed by atoms with Gasteiger partial charge < -0.3 is 15.0 Å². The Balaban J connectivity index is 1.84. The predicted octanol–water partition coefficient (Wildman–Crippen LogP) is 2.27. The van der Waals surface area contributed by atoms with E-state index in [0.717, 1.165) is 19.7 Å². The van der Waals surface area contributed by atoms with Gasteiger partial charge in [0.2, 0.25) is 0 Å². The van der Waals surface area contributed by atoms with Crippen LogP contribution < -0.4 is 5.32 Å². The van der Waals surface area contributed by atoms with Gasteiger partial charge in [-0.15, -0.1) is 0 Å². The van der Waals surface area contributed by atoms with E-state index in [-0.39, 0.29) is 5.60 Å². The van der Waals surface area contributed by atoms with E-state index in [1.807, 2.05) is 0 Å². The van der Waals surface area contributed by atoms with Gasteiger partial charge in [0, 0.05) is 6.54 Å². The van der Waals surface area contributed by atoms with E-state index in [1.165, 1.54) is 45.3 Å². The number of piperidine rings is 1. The molecule has 1 saturated heterocycles. The van der Waals surface area contributed by atoms with Gasteiger partial charge >= 0.3 is 0 Å². The van der Waals surface area contributed by atoms with Crippen LogP contribution in [0.1, 0.15) is 46.5 Å². The Morgan fingerprint density at radius 2 is 1.76 bits per heavy atom. The minimum absolute atomic E-state index is 0.00448. The van der Waals surface area contributed by atoms with E-state index < -0.39 is 0 Å². The lowest BCUT2D eigenvalue weighted by atomic mass is 10.1. The lowest BCUT2D eigenvalue weighted by Gasteiger charge is -2.26. The van der Waals surface area contributed by atoms with Crippen LogP contribution in [0.3, 0.4) is 0 Å². The van der Waals surface area contributed by atoms with Crippen LogP contribution in [0.15, 0.2) is 0 Å². The van der Waals surface area contributed by atoms with Crippen LogP contribution in [-0.2, 0) is 4.74 Å². The molecule has 0 amide bonds. The summed E-state index contributed by atoms with van der Waals surface area (Å²) in [5.74, 6) is 0. The summed E-state index contributed by atoms with van der Waals surface area (Å²) in [6, 6.07) is 0. The molecule has 1 rings (SSSR count). The predicted molar refractivity (Wildman–Crippen MR) is 73.5 cm³/mol. The second-order valence-corrected chi connectivity index (χ2v) is 5.97. The molecule has 1 aliphatic heterocycles. The first kappa shape index (κ1) is 14.9. The first-order valence-electron chi connectivity index (χ1n) is 7.15. The summed E-state index contributed by atoms with van der Waals surface area (Å²) in [6.07, 6.45) is 5.48. The van der Waals surface area contributed by atoms with Crippen LogP contribution >= 0.6 is 0 Å². The molecule has 0 unspecified atom stereocenters. The fourth-order valence-corrected chi connectivity index (χ4v) is 2.17. The second kappa shape index (κ2) is 8.06. The maximum absolute atomic E-state index is 5.65. The third-order valence-electron chi connectivity index (χ3n) is 3.09. The normalized spacial score (nSPS) is 18.5. The molecule has 1 heterocycles. The summed E-state index contributed by atoms with van der Waals surface area (Å²) < 4.78 is 5.65. The Kier molecular flexibility index (Phi) is 7.09. The van der Waals surface area contributed by atoms with Crippen molar-refractivity contribution in [2.24, 2.45) is 0 Å². The number of rotatable bonds is 7. The van der Waals surface area contributed by atoms with Crippen molar-refractivity contribution < 1.29 is 4.74 Å². The molecule has 3 nitrogen and oxygen atoms in total. The fraction of sp³-hybridized carbons (Fsp3) is 1.00. The molecular weight excluding hydrogens is 212 g/mol. The van der Waals surface area contributed by atoms with Crippen molar-refractivity contribution in [3.05, 3.63) is 0 Å². The first-order chi connectivity index (χ1) is 8.08. The van der Waals surface area contributed by atoms with Crippen molar-refractivity contribution in [1.29, 1.82) is 0 Å². The van der Waals surface area contributed by atoms with Gasteiger partial charge in [-0.2, -0.15) is 0 Å². The van der Waals surface area contributed by atoms with Gasteiger partial charge in [0.15, 0.2) is 0 Å². The van der Waals surface area contributed by atoms with E-state index in [0.29, 0.717) is 0 Å². The fourth-order valence-electron chi connectivity index (χ4n) is 2.17. The molecule has 3 heteroatoms. The van der Waals surface area contributed by atoms with Gasteiger partial charge in [-0.05, 0) is 66.2 Å². The lowest BCUT2D eigenvalue weighted by Crippen LogP contribution is -2.33. The summed E-state index contributed by atoms with van der Waals surface area (Å²) >= 11 is 0. The van der Waals surface area contributed by atoms with Crippen LogP contribution in [-0.4, -0.2) is 49.8 Å². The number of nitrogens with one attached hydrogen (secondary N) is 1. The summed E-state index contributed by atoms with van der Waals surface area (Å²) in [5, 5.41) is 3.45. The van der Waals surface area contributed by atoms with Crippen molar-refractivity contribution in [2.45, 2.75) is 52.1 Å². The Morgan fingerprint density at radius 3 is 2.41 bits per heavy atom. The van der Waals surface area contributed by atoms with Crippen molar-refractivity contribution in [2.75, 3.05) is 39.3 Å². The van der Waals surface area contributed by atoms with Crippen LogP contribution in [0.2, 0.25) is 0 Å². The Hall–Kier alpha value is -0.120. The zero-order chi connectivity index (χ0) is 12.6.